The molecule has 2 aromatic rings. The summed E-state index contributed by atoms with van der Waals surface area (Å²) in [4.78, 5) is 16.4. The second kappa shape index (κ2) is 13.2. The van der Waals surface area contributed by atoms with Crippen molar-refractivity contribution >= 4 is 30.7 Å². The standard InChI is InChI=1S/C20H27N3O3.2ClH/c1-4-12-25-17-9-5-6-10-18(17)26-20-16(8-7-11-22-20)13-23-19(24)14(2)15(3)21;;/h5-11,14-15H,4,12-13,21H2,1-3H3,(H,23,24);2*1H. The second-order valence-electron chi connectivity index (χ2n) is 6.23. The number of aromatic nitrogens is 1. The van der Waals surface area contributed by atoms with Crippen LogP contribution in [0.25, 0.3) is 0 Å². The summed E-state index contributed by atoms with van der Waals surface area (Å²) < 4.78 is 11.7. The zero-order valence-corrected chi connectivity index (χ0v) is 18.0. The van der Waals surface area contributed by atoms with Gasteiger partial charge in [0.15, 0.2) is 11.5 Å². The van der Waals surface area contributed by atoms with Gasteiger partial charge in [-0.25, -0.2) is 4.98 Å². The summed E-state index contributed by atoms with van der Waals surface area (Å²) in [6.45, 7) is 6.60. The molecule has 2 rings (SSSR count). The fraction of sp³-hybridized carbons (Fsp3) is 0.400. The number of rotatable bonds is 9. The lowest BCUT2D eigenvalue weighted by Gasteiger charge is -2.17. The molecule has 2 unspecified atom stereocenters. The predicted octanol–water partition coefficient (Wildman–Crippen LogP) is 4.11. The van der Waals surface area contributed by atoms with Gasteiger partial charge >= 0.3 is 0 Å². The summed E-state index contributed by atoms with van der Waals surface area (Å²) in [5, 5.41) is 2.88. The van der Waals surface area contributed by atoms with Crippen LogP contribution in [-0.2, 0) is 11.3 Å². The molecule has 0 aliphatic carbocycles. The normalized spacial score (nSPS) is 12.0. The first kappa shape index (κ1) is 26.0. The molecule has 2 atom stereocenters. The molecule has 8 heteroatoms. The molecular formula is C20H29Cl2N3O3. The van der Waals surface area contributed by atoms with Crippen molar-refractivity contribution in [3.63, 3.8) is 0 Å². The molecule has 1 aromatic carbocycles. The van der Waals surface area contributed by atoms with Gasteiger partial charge in [-0.3, -0.25) is 4.79 Å². The Morgan fingerprint density at radius 1 is 1.14 bits per heavy atom. The number of hydrogen-bond donors (Lipinski definition) is 2. The van der Waals surface area contributed by atoms with Gasteiger partial charge in [0.2, 0.25) is 11.8 Å². The monoisotopic (exact) mass is 429 g/mol. The number of benzene rings is 1. The third-order valence-corrected chi connectivity index (χ3v) is 4.02. The van der Waals surface area contributed by atoms with E-state index < -0.39 is 0 Å². The number of pyridine rings is 1. The molecule has 0 radical (unpaired) electrons. The first-order valence-electron chi connectivity index (χ1n) is 8.89. The fourth-order valence-electron chi connectivity index (χ4n) is 2.20. The van der Waals surface area contributed by atoms with Gasteiger partial charge in [0.25, 0.3) is 0 Å². The van der Waals surface area contributed by atoms with E-state index in [1.165, 1.54) is 0 Å². The van der Waals surface area contributed by atoms with E-state index >= 15 is 0 Å². The molecule has 1 amide bonds. The Balaban J connectivity index is 0.00000364. The first-order chi connectivity index (χ1) is 12.5. The first-order valence-corrected chi connectivity index (χ1v) is 8.89. The van der Waals surface area contributed by atoms with Crippen molar-refractivity contribution in [3.8, 4) is 17.4 Å². The predicted molar refractivity (Wildman–Crippen MR) is 116 cm³/mol. The van der Waals surface area contributed by atoms with E-state index in [4.69, 9.17) is 15.2 Å². The lowest BCUT2D eigenvalue weighted by Crippen LogP contribution is -2.38. The summed E-state index contributed by atoms with van der Waals surface area (Å²) in [6.07, 6.45) is 2.56. The summed E-state index contributed by atoms with van der Waals surface area (Å²) in [5.41, 5.74) is 6.56. The highest BCUT2D eigenvalue weighted by Crippen LogP contribution is 2.31. The molecule has 0 aliphatic heterocycles. The molecular weight excluding hydrogens is 401 g/mol. The van der Waals surface area contributed by atoms with Crippen molar-refractivity contribution in [2.75, 3.05) is 6.61 Å². The second-order valence-corrected chi connectivity index (χ2v) is 6.23. The maximum Gasteiger partial charge on any atom is 0.224 e. The van der Waals surface area contributed by atoms with Gasteiger partial charge in [-0.15, -0.1) is 24.8 Å². The highest BCUT2D eigenvalue weighted by Gasteiger charge is 2.17. The van der Waals surface area contributed by atoms with Crippen molar-refractivity contribution in [2.45, 2.75) is 39.8 Å². The molecule has 0 spiro atoms. The van der Waals surface area contributed by atoms with E-state index in [0.717, 1.165) is 12.0 Å². The minimum Gasteiger partial charge on any atom is -0.490 e. The fourth-order valence-corrected chi connectivity index (χ4v) is 2.20. The maximum absolute atomic E-state index is 12.1. The van der Waals surface area contributed by atoms with E-state index in [1.807, 2.05) is 57.2 Å². The Morgan fingerprint density at radius 3 is 2.46 bits per heavy atom. The van der Waals surface area contributed by atoms with Crippen LogP contribution >= 0.6 is 24.8 Å². The van der Waals surface area contributed by atoms with Gasteiger partial charge in [-0.05, 0) is 31.5 Å². The van der Waals surface area contributed by atoms with Crippen LogP contribution in [0.1, 0.15) is 32.8 Å². The lowest BCUT2D eigenvalue weighted by atomic mass is 10.0. The number of nitrogens with two attached hydrogens (primary N) is 1. The molecule has 0 aliphatic rings. The van der Waals surface area contributed by atoms with Crippen molar-refractivity contribution < 1.29 is 14.3 Å². The van der Waals surface area contributed by atoms with E-state index in [0.29, 0.717) is 30.5 Å². The number of ether oxygens (including phenoxy) is 2. The number of halogens is 2. The van der Waals surface area contributed by atoms with Crippen LogP contribution < -0.4 is 20.5 Å². The average Bonchev–Trinajstić information content (AvgIpc) is 2.65. The largest absolute Gasteiger partial charge is 0.490 e. The third kappa shape index (κ3) is 7.54. The van der Waals surface area contributed by atoms with Crippen LogP contribution in [0.5, 0.6) is 17.4 Å². The minimum absolute atomic E-state index is 0. The Kier molecular flexibility index (Phi) is 12.3. The van der Waals surface area contributed by atoms with Crippen molar-refractivity contribution in [1.29, 1.82) is 0 Å². The van der Waals surface area contributed by atoms with Gasteiger partial charge in [0.05, 0.1) is 6.61 Å². The van der Waals surface area contributed by atoms with Crippen LogP contribution in [-0.4, -0.2) is 23.5 Å². The highest BCUT2D eigenvalue weighted by atomic mass is 35.5. The number of carbonyl (C=O) groups is 1. The minimum atomic E-state index is -0.265. The Morgan fingerprint density at radius 2 is 1.82 bits per heavy atom. The van der Waals surface area contributed by atoms with Crippen LogP contribution in [0.3, 0.4) is 0 Å². The Labute approximate surface area is 179 Å². The van der Waals surface area contributed by atoms with Crippen molar-refractivity contribution in [3.05, 3.63) is 48.2 Å². The quantitative estimate of drug-likeness (QED) is 0.626. The van der Waals surface area contributed by atoms with Gasteiger partial charge in [0, 0.05) is 30.3 Å². The summed E-state index contributed by atoms with van der Waals surface area (Å²) in [7, 11) is 0. The Hall–Kier alpha value is -2.02. The zero-order valence-electron chi connectivity index (χ0n) is 16.4. The molecule has 0 fully saturated rings. The lowest BCUT2D eigenvalue weighted by molar-refractivity contribution is -0.125. The number of carbonyl (C=O) groups excluding carboxylic acids is 1. The van der Waals surface area contributed by atoms with Crippen LogP contribution in [0.2, 0.25) is 0 Å². The van der Waals surface area contributed by atoms with Gasteiger partial charge in [0.1, 0.15) is 0 Å². The SMILES string of the molecule is CCCOc1ccccc1Oc1ncccc1CNC(=O)C(C)C(C)N.Cl.Cl. The topological polar surface area (TPSA) is 86.5 Å². The molecule has 0 saturated heterocycles. The van der Waals surface area contributed by atoms with Crippen molar-refractivity contribution in [2.24, 2.45) is 11.7 Å². The number of amides is 1. The zero-order chi connectivity index (χ0) is 18.9. The maximum atomic E-state index is 12.1. The van der Waals surface area contributed by atoms with E-state index in [1.54, 1.807) is 6.20 Å². The summed E-state index contributed by atoms with van der Waals surface area (Å²) in [6, 6.07) is 10.9. The van der Waals surface area contributed by atoms with Crippen LogP contribution in [0, 0.1) is 5.92 Å². The van der Waals surface area contributed by atoms with Gasteiger partial charge < -0.3 is 20.5 Å². The average molecular weight is 430 g/mol. The third-order valence-electron chi connectivity index (χ3n) is 4.02. The van der Waals surface area contributed by atoms with E-state index in [2.05, 4.69) is 10.3 Å². The smallest absolute Gasteiger partial charge is 0.224 e. The molecule has 0 bridgehead atoms. The number of nitrogens with one attached hydrogen (secondary N) is 1. The van der Waals surface area contributed by atoms with Gasteiger partial charge in [-0.2, -0.15) is 0 Å². The van der Waals surface area contributed by atoms with Crippen LogP contribution in [0.4, 0.5) is 0 Å². The van der Waals surface area contributed by atoms with E-state index in [-0.39, 0.29) is 42.7 Å². The number of para-hydroxylation sites is 2. The summed E-state index contributed by atoms with van der Waals surface area (Å²) in [5.74, 6) is 1.34. The highest BCUT2D eigenvalue weighted by molar-refractivity contribution is 5.85. The number of nitrogens with zero attached hydrogens (tertiary/aromatic N) is 1. The van der Waals surface area contributed by atoms with E-state index in [9.17, 15) is 4.79 Å². The molecule has 1 heterocycles. The van der Waals surface area contributed by atoms with Crippen molar-refractivity contribution in [1.82, 2.24) is 10.3 Å². The molecule has 6 nitrogen and oxygen atoms in total. The molecule has 28 heavy (non-hydrogen) atoms. The van der Waals surface area contributed by atoms with Gasteiger partial charge in [-0.1, -0.05) is 32.0 Å². The summed E-state index contributed by atoms with van der Waals surface area (Å²) >= 11 is 0. The molecule has 1 aromatic heterocycles. The molecule has 0 saturated carbocycles. The molecule has 156 valence electrons. The van der Waals surface area contributed by atoms with Crippen LogP contribution in [0.15, 0.2) is 42.6 Å². The number of hydrogen-bond acceptors (Lipinski definition) is 5. The molecule has 3 N–H and O–H groups in total. The Bertz CT molecular complexity index is 729.